The van der Waals surface area contributed by atoms with Crippen molar-refractivity contribution in [2.24, 2.45) is 0 Å². The molecule has 0 amide bonds. The van der Waals surface area contributed by atoms with E-state index < -0.39 is 22.1 Å². The fraction of sp³-hybridized carbons (Fsp3) is 0.368. The van der Waals surface area contributed by atoms with Gasteiger partial charge in [0.2, 0.25) is 0 Å². The van der Waals surface area contributed by atoms with Crippen LogP contribution in [-0.4, -0.2) is 45.9 Å². The molecule has 1 aliphatic heterocycles. The molecule has 3 rings (SSSR count). The van der Waals surface area contributed by atoms with Gasteiger partial charge in [-0.3, -0.25) is 9.62 Å². The Morgan fingerprint density at radius 1 is 1.21 bits per heavy atom. The highest BCUT2D eigenvalue weighted by Gasteiger charge is 2.31. The SMILES string of the molecule is CCN1CCOC(c2ccc(NS(=O)(=O)c3cccc(OC(F)(F)F)c3)cc2)C1. The summed E-state index contributed by atoms with van der Waals surface area (Å²) in [6, 6.07) is 10.9. The Labute approximate surface area is 167 Å². The van der Waals surface area contributed by atoms with Crippen molar-refractivity contribution in [3.63, 3.8) is 0 Å². The normalized spacial score (nSPS) is 18.4. The maximum atomic E-state index is 12.5. The van der Waals surface area contributed by atoms with Gasteiger partial charge in [-0.2, -0.15) is 0 Å². The number of alkyl halides is 3. The van der Waals surface area contributed by atoms with Crippen LogP contribution in [0.3, 0.4) is 0 Å². The lowest BCUT2D eigenvalue weighted by Gasteiger charge is -2.32. The summed E-state index contributed by atoms with van der Waals surface area (Å²) in [5.41, 5.74) is 1.21. The maximum absolute atomic E-state index is 12.5. The monoisotopic (exact) mass is 430 g/mol. The number of anilines is 1. The second-order valence-electron chi connectivity index (χ2n) is 6.50. The van der Waals surface area contributed by atoms with E-state index in [0.717, 1.165) is 37.3 Å². The number of halogens is 3. The van der Waals surface area contributed by atoms with E-state index in [2.05, 4.69) is 21.3 Å². The topological polar surface area (TPSA) is 67.9 Å². The summed E-state index contributed by atoms with van der Waals surface area (Å²) < 4.78 is 74.0. The summed E-state index contributed by atoms with van der Waals surface area (Å²) in [6.45, 7) is 5.27. The lowest BCUT2D eigenvalue weighted by molar-refractivity contribution is -0.274. The molecule has 1 aliphatic rings. The summed E-state index contributed by atoms with van der Waals surface area (Å²) in [4.78, 5) is 1.93. The van der Waals surface area contributed by atoms with Crippen LogP contribution < -0.4 is 9.46 Å². The van der Waals surface area contributed by atoms with Crippen molar-refractivity contribution in [1.29, 1.82) is 0 Å². The number of nitrogens with zero attached hydrogens (tertiary/aromatic N) is 1. The quantitative estimate of drug-likeness (QED) is 0.756. The molecule has 2 aromatic carbocycles. The van der Waals surface area contributed by atoms with Crippen LogP contribution in [0.4, 0.5) is 18.9 Å². The maximum Gasteiger partial charge on any atom is 0.573 e. The van der Waals surface area contributed by atoms with Crippen molar-refractivity contribution >= 4 is 15.7 Å². The molecular weight excluding hydrogens is 409 g/mol. The zero-order valence-corrected chi connectivity index (χ0v) is 16.5. The Morgan fingerprint density at radius 3 is 2.59 bits per heavy atom. The summed E-state index contributed by atoms with van der Waals surface area (Å²) in [7, 11) is -4.08. The number of likely N-dealkylation sites (N-methyl/N-ethyl adjacent to an activating group) is 1. The van der Waals surface area contributed by atoms with E-state index in [4.69, 9.17) is 4.74 Å². The van der Waals surface area contributed by atoms with Gasteiger partial charge in [-0.15, -0.1) is 13.2 Å². The Bertz CT molecular complexity index is 933. The molecular formula is C19H21F3N2O4S. The summed E-state index contributed by atoms with van der Waals surface area (Å²) in [5, 5.41) is 0. The molecule has 1 saturated heterocycles. The van der Waals surface area contributed by atoms with Gasteiger partial charge in [0.15, 0.2) is 0 Å². The molecule has 29 heavy (non-hydrogen) atoms. The Kier molecular flexibility index (Phi) is 6.35. The molecule has 1 unspecified atom stereocenters. The molecule has 0 aromatic heterocycles. The van der Waals surface area contributed by atoms with Crippen LogP contribution in [0.1, 0.15) is 18.6 Å². The summed E-state index contributed by atoms with van der Waals surface area (Å²) >= 11 is 0. The molecule has 1 fully saturated rings. The molecule has 0 saturated carbocycles. The first kappa shape index (κ1) is 21.4. The minimum absolute atomic E-state index is 0.0921. The number of benzene rings is 2. The average molecular weight is 430 g/mol. The number of sulfonamides is 1. The first-order valence-corrected chi connectivity index (χ1v) is 10.5. The Morgan fingerprint density at radius 2 is 1.93 bits per heavy atom. The minimum Gasteiger partial charge on any atom is -0.406 e. The van der Waals surface area contributed by atoms with E-state index >= 15 is 0 Å². The van der Waals surface area contributed by atoms with Crippen molar-refractivity contribution < 1.29 is 31.1 Å². The lowest BCUT2D eigenvalue weighted by Crippen LogP contribution is -2.38. The van der Waals surface area contributed by atoms with Gasteiger partial charge in [0.25, 0.3) is 10.0 Å². The number of hydrogen-bond acceptors (Lipinski definition) is 5. The third kappa shape index (κ3) is 5.84. The first-order chi connectivity index (χ1) is 13.7. The van der Waals surface area contributed by atoms with Crippen molar-refractivity contribution in [1.82, 2.24) is 4.90 Å². The first-order valence-electron chi connectivity index (χ1n) is 8.99. The fourth-order valence-electron chi connectivity index (χ4n) is 3.01. The third-order valence-electron chi connectivity index (χ3n) is 4.48. The molecule has 0 spiro atoms. The molecule has 0 bridgehead atoms. The molecule has 1 N–H and O–H groups in total. The van der Waals surface area contributed by atoms with Gasteiger partial charge in [0.1, 0.15) is 5.75 Å². The molecule has 6 nitrogen and oxygen atoms in total. The van der Waals surface area contributed by atoms with E-state index in [1.807, 2.05) is 0 Å². The van der Waals surface area contributed by atoms with E-state index in [1.54, 1.807) is 24.3 Å². The molecule has 158 valence electrons. The predicted octanol–water partition coefficient (Wildman–Crippen LogP) is 3.78. The van der Waals surface area contributed by atoms with Crippen LogP contribution in [0.5, 0.6) is 5.75 Å². The molecule has 10 heteroatoms. The molecule has 0 radical (unpaired) electrons. The van der Waals surface area contributed by atoms with Crippen molar-refractivity contribution in [2.45, 2.75) is 24.3 Å². The zero-order chi connectivity index (χ0) is 21.1. The van der Waals surface area contributed by atoms with Crippen LogP contribution >= 0.6 is 0 Å². The molecule has 1 atom stereocenters. The third-order valence-corrected chi connectivity index (χ3v) is 5.86. The van der Waals surface area contributed by atoms with Gasteiger partial charge >= 0.3 is 6.36 Å². The highest BCUT2D eigenvalue weighted by Crippen LogP contribution is 2.27. The fourth-order valence-corrected chi connectivity index (χ4v) is 4.10. The van der Waals surface area contributed by atoms with Crippen molar-refractivity contribution in [3.05, 3.63) is 54.1 Å². The largest absolute Gasteiger partial charge is 0.573 e. The lowest BCUT2D eigenvalue weighted by atomic mass is 10.1. The van der Waals surface area contributed by atoms with Crippen LogP contribution in [-0.2, 0) is 14.8 Å². The zero-order valence-electron chi connectivity index (χ0n) is 15.6. The molecule has 1 heterocycles. The van der Waals surface area contributed by atoms with Gasteiger partial charge in [-0.1, -0.05) is 25.1 Å². The molecule has 2 aromatic rings. The van der Waals surface area contributed by atoms with Gasteiger partial charge < -0.3 is 9.47 Å². The van der Waals surface area contributed by atoms with Crippen molar-refractivity contribution in [3.8, 4) is 5.75 Å². The second-order valence-corrected chi connectivity index (χ2v) is 8.19. The second kappa shape index (κ2) is 8.60. The number of morpholine rings is 1. The van der Waals surface area contributed by atoms with Gasteiger partial charge in [-0.05, 0) is 36.4 Å². The van der Waals surface area contributed by atoms with Gasteiger partial charge in [-0.25, -0.2) is 8.42 Å². The predicted molar refractivity (Wildman–Crippen MR) is 101 cm³/mol. The van der Waals surface area contributed by atoms with Crippen LogP contribution in [0.25, 0.3) is 0 Å². The highest BCUT2D eigenvalue weighted by molar-refractivity contribution is 7.92. The van der Waals surface area contributed by atoms with E-state index in [9.17, 15) is 21.6 Å². The number of nitrogens with one attached hydrogen (secondary N) is 1. The van der Waals surface area contributed by atoms with Crippen LogP contribution in [0.2, 0.25) is 0 Å². The Balaban J connectivity index is 1.71. The minimum atomic E-state index is -4.90. The Hall–Kier alpha value is -2.30. The average Bonchev–Trinajstić information content (AvgIpc) is 2.67. The van der Waals surface area contributed by atoms with Gasteiger partial charge in [0.05, 0.1) is 17.6 Å². The standard InChI is InChI=1S/C19H21F3N2O4S/c1-2-24-10-11-27-18(13-24)14-6-8-15(9-7-14)23-29(25,26)17-5-3-4-16(12-17)28-19(20,21)22/h3-9,12,18,23H,2,10-11,13H2,1H3. The van der Waals surface area contributed by atoms with Crippen LogP contribution in [0.15, 0.2) is 53.4 Å². The smallest absolute Gasteiger partial charge is 0.406 e. The number of rotatable bonds is 6. The summed E-state index contributed by atoms with van der Waals surface area (Å²) in [6.07, 6.45) is -4.99. The van der Waals surface area contributed by atoms with Crippen LogP contribution in [0, 0.1) is 0 Å². The summed E-state index contributed by atoms with van der Waals surface area (Å²) in [5.74, 6) is -0.606. The van der Waals surface area contributed by atoms with Crippen molar-refractivity contribution in [2.75, 3.05) is 31.0 Å². The van der Waals surface area contributed by atoms with E-state index in [0.29, 0.717) is 12.3 Å². The van der Waals surface area contributed by atoms with E-state index in [1.165, 1.54) is 12.1 Å². The number of hydrogen-bond donors (Lipinski definition) is 1. The van der Waals surface area contributed by atoms with Gasteiger partial charge in [0, 0.05) is 24.8 Å². The molecule has 0 aliphatic carbocycles. The highest BCUT2D eigenvalue weighted by atomic mass is 32.2. The van der Waals surface area contributed by atoms with E-state index in [-0.39, 0.29) is 11.0 Å². The number of ether oxygens (including phenoxy) is 2.